The number of hydrogen-bond donors (Lipinski definition) is 2. The predicted molar refractivity (Wildman–Crippen MR) is 105 cm³/mol. The van der Waals surface area contributed by atoms with Gasteiger partial charge in [-0.15, -0.1) is 24.0 Å². The lowest BCUT2D eigenvalue weighted by Gasteiger charge is -2.13. The van der Waals surface area contributed by atoms with Gasteiger partial charge in [-0.25, -0.2) is 4.99 Å². The summed E-state index contributed by atoms with van der Waals surface area (Å²) in [5.41, 5.74) is 0.864. The summed E-state index contributed by atoms with van der Waals surface area (Å²) < 4.78 is 16.3. The number of rotatable bonds is 4. The van der Waals surface area contributed by atoms with Gasteiger partial charge in [0.1, 0.15) is 6.54 Å². The van der Waals surface area contributed by atoms with E-state index in [1.807, 2.05) is 25.1 Å². The zero-order valence-electron chi connectivity index (χ0n) is 14.2. The third-order valence-electron chi connectivity index (χ3n) is 3.30. The average Bonchev–Trinajstić information content (AvgIpc) is 2.85. The molecule has 2 N–H and O–H groups in total. The van der Waals surface area contributed by atoms with Crippen molar-refractivity contribution in [3.05, 3.63) is 29.9 Å². The van der Waals surface area contributed by atoms with Gasteiger partial charge in [-0.1, -0.05) is 5.16 Å². The van der Waals surface area contributed by atoms with Gasteiger partial charge in [0.2, 0.25) is 5.89 Å². The molecule has 3 rings (SSSR count). The van der Waals surface area contributed by atoms with Crippen molar-refractivity contribution in [1.82, 2.24) is 15.5 Å². The number of guanidine groups is 1. The van der Waals surface area contributed by atoms with Crippen molar-refractivity contribution in [2.24, 2.45) is 4.99 Å². The minimum absolute atomic E-state index is 0. The first-order chi connectivity index (χ1) is 11.7. The molecule has 0 amide bonds. The molecule has 0 bridgehead atoms. The van der Waals surface area contributed by atoms with Crippen LogP contribution >= 0.6 is 24.0 Å². The number of nitrogens with zero attached hydrogens (tertiary/aromatic N) is 3. The SMILES string of the molecule is CCNC(=NCc1noc(C)n1)Nc1ccc2c(c1)OCCCO2.I. The number of aliphatic imine (C=N–C) groups is 1. The van der Waals surface area contributed by atoms with E-state index >= 15 is 0 Å². The Bertz CT molecular complexity index is 720. The van der Waals surface area contributed by atoms with Crippen molar-refractivity contribution in [3.63, 3.8) is 0 Å². The van der Waals surface area contributed by atoms with Gasteiger partial charge < -0.3 is 24.6 Å². The molecule has 2 heterocycles. The van der Waals surface area contributed by atoms with Gasteiger partial charge in [0.15, 0.2) is 23.3 Å². The molecular formula is C16H22IN5O3. The molecule has 8 nitrogen and oxygen atoms in total. The molecule has 0 aliphatic carbocycles. The lowest BCUT2D eigenvalue weighted by molar-refractivity contribution is 0.297. The van der Waals surface area contributed by atoms with Gasteiger partial charge in [0.25, 0.3) is 0 Å². The molecule has 0 radical (unpaired) electrons. The van der Waals surface area contributed by atoms with Crippen LogP contribution in [0.2, 0.25) is 0 Å². The number of aromatic nitrogens is 2. The molecule has 1 aromatic heterocycles. The minimum atomic E-state index is 0. The number of benzene rings is 1. The Kier molecular flexibility index (Phi) is 7.29. The average molecular weight is 459 g/mol. The first-order valence-electron chi connectivity index (χ1n) is 7.99. The van der Waals surface area contributed by atoms with E-state index in [0.29, 0.717) is 37.4 Å². The Hall–Kier alpha value is -2.04. The number of hydrogen-bond acceptors (Lipinski definition) is 6. The van der Waals surface area contributed by atoms with Gasteiger partial charge in [-0.05, 0) is 19.1 Å². The molecule has 0 atom stereocenters. The molecule has 1 aliphatic rings. The number of ether oxygens (including phenoxy) is 2. The van der Waals surface area contributed by atoms with Crippen molar-refractivity contribution in [2.75, 3.05) is 25.1 Å². The first kappa shape index (κ1) is 19.3. The van der Waals surface area contributed by atoms with E-state index in [1.54, 1.807) is 6.92 Å². The zero-order chi connectivity index (χ0) is 16.8. The highest BCUT2D eigenvalue weighted by molar-refractivity contribution is 14.0. The summed E-state index contributed by atoms with van der Waals surface area (Å²) in [5, 5.41) is 10.3. The van der Waals surface area contributed by atoms with Gasteiger partial charge in [-0.2, -0.15) is 4.98 Å². The highest BCUT2D eigenvalue weighted by Gasteiger charge is 2.11. The van der Waals surface area contributed by atoms with Crippen LogP contribution in [0, 0.1) is 6.92 Å². The van der Waals surface area contributed by atoms with Crippen LogP contribution in [-0.2, 0) is 6.54 Å². The highest BCUT2D eigenvalue weighted by atomic mass is 127. The largest absolute Gasteiger partial charge is 0.490 e. The normalized spacial score (nSPS) is 13.6. The van der Waals surface area contributed by atoms with E-state index in [4.69, 9.17) is 14.0 Å². The van der Waals surface area contributed by atoms with E-state index in [1.165, 1.54) is 0 Å². The Morgan fingerprint density at radius 3 is 2.76 bits per heavy atom. The van der Waals surface area contributed by atoms with Crippen molar-refractivity contribution < 1.29 is 14.0 Å². The van der Waals surface area contributed by atoms with E-state index in [2.05, 4.69) is 25.8 Å². The maximum atomic E-state index is 5.71. The maximum absolute atomic E-state index is 5.71. The molecule has 0 saturated carbocycles. The molecule has 9 heteroatoms. The van der Waals surface area contributed by atoms with Crippen molar-refractivity contribution in [2.45, 2.75) is 26.8 Å². The second-order valence-corrected chi connectivity index (χ2v) is 5.26. The summed E-state index contributed by atoms with van der Waals surface area (Å²) in [5.74, 6) is 3.21. The topological polar surface area (TPSA) is 93.8 Å². The second kappa shape index (κ2) is 9.44. The summed E-state index contributed by atoms with van der Waals surface area (Å²) in [6, 6.07) is 5.74. The second-order valence-electron chi connectivity index (χ2n) is 5.26. The molecule has 25 heavy (non-hydrogen) atoms. The third-order valence-corrected chi connectivity index (χ3v) is 3.30. The van der Waals surface area contributed by atoms with Gasteiger partial charge in [-0.3, -0.25) is 0 Å². The van der Waals surface area contributed by atoms with Crippen LogP contribution in [0.25, 0.3) is 0 Å². The van der Waals surface area contributed by atoms with E-state index < -0.39 is 0 Å². The predicted octanol–water partition coefficient (Wildman–Crippen LogP) is 2.73. The Morgan fingerprint density at radius 2 is 2.04 bits per heavy atom. The fourth-order valence-corrected chi connectivity index (χ4v) is 2.24. The fourth-order valence-electron chi connectivity index (χ4n) is 2.24. The minimum Gasteiger partial charge on any atom is -0.490 e. The van der Waals surface area contributed by atoms with Crippen LogP contribution in [0.5, 0.6) is 11.5 Å². The number of halogens is 1. The van der Waals surface area contributed by atoms with E-state index in [-0.39, 0.29) is 24.0 Å². The van der Waals surface area contributed by atoms with Gasteiger partial charge >= 0.3 is 0 Å². The zero-order valence-corrected chi connectivity index (χ0v) is 16.6. The number of anilines is 1. The van der Waals surface area contributed by atoms with E-state index in [9.17, 15) is 0 Å². The molecule has 0 unspecified atom stereocenters. The quantitative estimate of drug-likeness (QED) is 0.413. The smallest absolute Gasteiger partial charge is 0.223 e. The number of fused-ring (bicyclic) bond motifs is 1. The number of aryl methyl sites for hydroxylation is 1. The van der Waals surface area contributed by atoms with Crippen LogP contribution in [0.15, 0.2) is 27.7 Å². The molecule has 0 spiro atoms. The van der Waals surface area contributed by atoms with E-state index in [0.717, 1.165) is 30.2 Å². The van der Waals surface area contributed by atoms with Crippen molar-refractivity contribution >= 4 is 35.6 Å². The van der Waals surface area contributed by atoms with Gasteiger partial charge in [0, 0.05) is 31.6 Å². The van der Waals surface area contributed by atoms with Crippen LogP contribution in [0.1, 0.15) is 25.1 Å². The molecular weight excluding hydrogens is 437 g/mol. The summed E-state index contributed by atoms with van der Waals surface area (Å²) in [6.07, 6.45) is 0.881. The van der Waals surface area contributed by atoms with Crippen LogP contribution in [-0.4, -0.2) is 35.9 Å². The third kappa shape index (κ3) is 5.48. The van der Waals surface area contributed by atoms with Crippen LogP contribution < -0.4 is 20.1 Å². The summed E-state index contributed by atoms with van der Waals surface area (Å²) in [6.45, 7) is 6.15. The first-order valence-corrected chi connectivity index (χ1v) is 7.99. The molecule has 2 aromatic rings. The Balaban J connectivity index is 0.00000225. The van der Waals surface area contributed by atoms with Crippen LogP contribution in [0.4, 0.5) is 5.69 Å². The lowest BCUT2D eigenvalue weighted by atomic mass is 10.3. The Morgan fingerprint density at radius 1 is 1.24 bits per heavy atom. The molecule has 0 fully saturated rings. The summed E-state index contributed by atoms with van der Waals surface area (Å²) in [7, 11) is 0. The van der Waals surface area contributed by atoms with Crippen molar-refractivity contribution in [1.29, 1.82) is 0 Å². The molecule has 0 saturated heterocycles. The Labute approximate surface area is 163 Å². The standard InChI is InChI=1S/C16H21N5O3.HI/c1-3-17-16(18-10-15-19-11(2)24-21-15)20-12-5-6-13-14(9-12)23-8-4-7-22-13;/h5-6,9H,3-4,7-8,10H2,1-2H3,(H2,17,18,20);1H. The maximum Gasteiger partial charge on any atom is 0.223 e. The van der Waals surface area contributed by atoms with Gasteiger partial charge in [0.05, 0.1) is 13.2 Å². The highest BCUT2D eigenvalue weighted by Crippen LogP contribution is 2.32. The lowest BCUT2D eigenvalue weighted by Crippen LogP contribution is -2.30. The molecule has 136 valence electrons. The summed E-state index contributed by atoms with van der Waals surface area (Å²) in [4.78, 5) is 8.60. The molecule has 1 aliphatic heterocycles. The summed E-state index contributed by atoms with van der Waals surface area (Å²) >= 11 is 0. The number of nitrogens with one attached hydrogen (secondary N) is 2. The van der Waals surface area contributed by atoms with Crippen molar-refractivity contribution in [3.8, 4) is 11.5 Å². The monoisotopic (exact) mass is 459 g/mol. The fraction of sp³-hybridized carbons (Fsp3) is 0.438. The molecule has 1 aromatic carbocycles. The van der Waals surface area contributed by atoms with Crippen LogP contribution in [0.3, 0.4) is 0 Å².